The van der Waals surface area contributed by atoms with E-state index in [-0.39, 0.29) is 30.7 Å². The van der Waals surface area contributed by atoms with Crippen LogP contribution in [0.2, 0.25) is 0 Å². The normalized spacial score (nSPS) is 21.9. The van der Waals surface area contributed by atoms with Crippen molar-refractivity contribution in [3.63, 3.8) is 0 Å². The maximum atomic E-state index is 13.1. The van der Waals surface area contributed by atoms with Crippen molar-refractivity contribution in [3.8, 4) is 0 Å². The molecule has 0 radical (unpaired) electrons. The lowest BCUT2D eigenvalue weighted by Crippen LogP contribution is -2.57. The van der Waals surface area contributed by atoms with Crippen LogP contribution in [0.1, 0.15) is 24.8 Å². The van der Waals surface area contributed by atoms with Crippen LogP contribution < -0.4 is 10.6 Å². The fourth-order valence-electron chi connectivity index (χ4n) is 3.64. The molecule has 0 aliphatic carbocycles. The van der Waals surface area contributed by atoms with Gasteiger partial charge in [-0.25, -0.2) is 9.18 Å². The lowest BCUT2D eigenvalue weighted by molar-refractivity contribution is -0.144. The van der Waals surface area contributed by atoms with E-state index in [0.29, 0.717) is 31.5 Å². The van der Waals surface area contributed by atoms with Crippen molar-refractivity contribution in [2.75, 3.05) is 13.1 Å². The Morgan fingerprint density at radius 1 is 1.36 bits per heavy atom. The number of carbonyl (C=O) groups excluding carboxylic acids is 2. The number of aliphatic carboxylic acids is 1. The van der Waals surface area contributed by atoms with Gasteiger partial charge in [0.25, 0.3) is 0 Å². The van der Waals surface area contributed by atoms with Crippen LogP contribution in [0.3, 0.4) is 0 Å². The van der Waals surface area contributed by atoms with Crippen LogP contribution in [0.5, 0.6) is 0 Å². The number of carboxylic acid groups (broad SMARTS) is 1. The molecule has 2 saturated heterocycles. The lowest BCUT2D eigenvalue weighted by Gasteiger charge is -2.41. The highest BCUT2D eigenvalue weighted by Crippen LogP contribution is 2.36. The third kappa shape index (κ3) is 3.57. The van der Waals surface area contributed by atoms with E-state index in [1.54, 1.807) is 17.0 Å². The van der Waals surface area contributed by atoms with Gasteiger partial charge in [0.1, 0.15) is 5.82 Å². The molecule has 1 spiro atoms. The summed E-state index contributed by atoms with van der Waals surface area (Å²) in [5, 5.41) is 14.9. The van der Waals surface area contributed by atoms with Gasteiger partial charge in [0.15, 0.2) is 0 Å². The molecule has 1 aromatic carbocycles. The Bertz CT molecular complexity index is 701. The Labute approximate surface area is 144 Å². The number of carboxylic acids is 1. The second-order valence-electron chi connectivity index (χ2n) is 6.57. The second kappa shape index (κ2) is 6.70. The molecule has 134 valence electrons. The first-order valence-corrected chi connectivity index (χ1v) is 8.21. The van der Waals surface area contributed by atoms with Gasteiger partial charge < -0.3 is 20.6 Å². The molecule has 2 heterocycles. The van der Waals surface area contributed by atoms with Crippen molar-refractivity contribution in [2.45, 2.75) is 31.3 Å². The Hall–Kier alpha value is -2.64. The number of nitrogens with zero attached hydrogens (tertiary/aromatic N) is 1. The zero-order valence-corrected chi connectivity index (χ0v) is 13.6. The summed E-state index contributed by atoms with van der Waals surface area (Å²) in [6.45, 7) is 0.935. The first kappa shape index (κ1) is 17.2. The van der Waals surface area contributed by atoms with Crippen LogP contribution >= 0.6 is 0 Å². The number of halogens is 1. The highest BCUT2D eigenvalue weighted by molar-refractivity contribution is 5.88. The molecule has 3 N–H and O–H groups in total. The summed E-state index contributed by atoms with van der Waals surface area (Å²) in [7, 11) is 0. The number of likely N-dealkylation sites (tertiary alicyclic amines) is 1. The average molecular weight is 349 g/mol. The summed E-state index contributed by atoms with van der Waals surface area (Å²) in [6.07, 6.45) is 0.799. The molecule has 1 atom stereocenters. The first-order valence-electron chi connectivity index (χ1n) is 8.21. The number of rotatable bonds is 3. The molecule has 3 amide bonds. The third-order valence-corrected chi connectivity index (χ3v) is 5.02. The van der Waals surface area contributed by atoms with Crippen molar-refractivity contribution in [1.29, 1.82) is 0 Å². The summed E-state index contributed by atoms with van der Waals surface area (Å²) < 4.78 is 13.1. The maximum absolute atomic E-state index is 13.1. The quantitative estimate of drug-likeness (QED) is 0.761. The molecule has 7 nitrogen and oxygen atoms in total. The molecular weight excluding hydrogens is 329 g/mol. The zero-order valence-electron chi connectivity index (χ0n) is 13.6. The number of nitrogens with one attached hydrogen (secondary N) is 2. The van der Waals surface area contributed by atoms with E-state index in [2.05, 4.69) is 10.6 Å². The first-order chi connectivity index (χ1) is 11.9. The molecule has 0 saturated carbocycles. The average Bonchev–Trinajstić information content (AvgIpc) is 2.89. The number of hydrogen-bond donors (Lipinski definition) is 3. The largest absolute Gasteiger partial charge is 0.481 e. The van der Waals surface area contributed by atoms with E-state index in [4.69, 9.17) is 0 Å². The second-order valence-corrected chi connectivity index (χ2v) is 6.57. The number of carbonyl (C=O) groups is 3. The number of hydrogen-bond acceptors (Lipinski definition) is 3. The van der Waals surface area contributed by atoms with Gasteiger partial charge in [0.05, 0.1) is 11.5 Å². The maximum Gasteiger partial charge on any atom is 0.317 e. The number of piperidine rings is 1. The lowest BCUT2D eigenvalue weighted by atomic mass is 9.78. The topological polar surface area (TPSA) is 98.7 Å². The van der Waals surface area contributed by atoms with Gasteiger partial charge in [-0.3, -0.25) is 9.59 Å². The Morgan fingerprint density at radius 2 is 2.08 bits per heavy atom. The molecule has 25 heavy (non-hydrogen) atoms. The van der Waals surface area contributed by atoms with E-state index < -0.39 is 17.4 Å². The fourth-order valence-corrected chi connectivity index (χ4v) is 3.64. The van der Waals surface area contributed by atoms with Gasteiger partial charge in [-0.1, -0.05) is 12.1 Å². The van der Waals surface area contributed by atoms with Crippen LogP contribution in [0.15, 0.2) is 24.3 Å². The molecule has 8 heteroatoms. The third-order valence-electron chi connectivity index (χ3n) is 5.02. The number of amides is 3. The van der Waals surface area contributed by atoms with Crippen LogP contribution in [0.25, 0.3) is 0 Å². The van der Waals surface area contributed by atoms with Gasteiger partial charge in [-0.2, -0.15) is 0 Å². The molecule has 0 bridgehead atoms. The smallest absolute Gasteiger partial charge is 0.317 e. The van der Waals surface area contributed by atoms with Gasteiger partial charge in [-0.15, -0.1) is 0 Å². The van der Waals surface area contributed by atoms with Crippen LogP contribution in [-0.2, 0) is 16.1 Å². The van der Waals surface area contributed by atoms with Crippen LogP contribution in [0, 0.1) is 11.7 Å². The Morgan fingerprint density at radius 3 is 2.72 bits per heavy atom. The van der Waals surface area contributed by atoms with Gasteiger partial charge in [-0.05, 0) is 30.5 Å². The molecule has 1 aromatic rings. The fraction of sp³-hybridized carbons (Fsp3) is 0.471. The van der Waals surface area contributed by atoms with E-state index in [0.717, 1.165) is 0 Å². The van der Waals surface area contributed by atoms with Crippen molar-refractivity contribution in [2.24, 2.45) is 5.92 Å². The summed E-state index contributed by atoms with van der Waals surface area (Å²) in [4.78, 5) is 36.9. The molecule has 0 unspecified atom stereocenters. The monoisotopic (exact) mass is 349 g/mol. The minimum atomic E-state index is -0.984. The van der Waals surface area contributed by atoms with Gasteiger partial charge in [0.2, 0.25) is 5.91 Å². The Balaban J connectivity index is 1.56. The van der Waals surface area contributed by atoms with E-state index in [1.165, 1.54) is 12.1 Å². The van der Waals surface area contributed by atoms with Crippen molar-refractivity contribution in [1.82, 2.24) is 15.5 Å². The van der Waals surface area contributed by atoms with Crippen LogP contribution in [0.4, 0.5) is 9.18 Å². The minimum Gasteiger partial charge on any atom is -0.481 e. The molecule has 2 aliphatic rings. The van der Waals surface area contributed by atoms with Crippen molar-refractivity contribution >= 4 is 17.9 Å². The predicted molar refractivity (Wildman–Crippen MR) is 86.1 cm³/mol. The summed E-state index contributed by atoms with van der Waals surface area (Å²) in [5.74, 6) is -2.35. The highest BCUT2D eigenvalue weighted by atomic mass is 19.1. The van der Waals surface area contributed by atoms with E-state index >= 15 is 0 Å². The standard InChI is InChI=1S/C17H20FN3O4/c18-12-3-1-2-11(8-12)10-19-16(25)21-6-4-17(5-7-21)13(15(23)24)9-14(22)20-17/h1-3,8,13H,4-7,9-10H2,(H,19,25)(H,20,22)(H,23,24)/t13-/m0/s1. The van der Waals surface area contributed by atoms with Crippen molar-refractivity contribution < 1.29 is 23.9 Å². The number of benzene rings is 1. The van der Waals surface area contributed by atoms with Crippen molar-refractivity contribution in [3.05, 3.63) is 35.6 Å². The minimum absolute atomic E-state index is 0.0128. The Kier molecular flexibility index (Phi) is 4.61. The van der Waals surface area contributed by atoms with E-state index in [1.807, 2.05) is 0 Å². The predicted octanol–water partition coefficient (Wildman–Crippen LogP) is 1.09. The molecule has 0 aromatic heterocycles. The van der Waals surface area contributed by atoms with Gasteiger partial charge in [0, 0.05) is 26.1 Å². The molecular formula is C17H20FN3O4. The summed E-state index contributed by atoms with van der Waals surface area (Å²) in [6, 6.07) is 5.72. The molecule has 3 rings (SSSR count). The molecule has 2 fully saturated rings. The van der Waals surface area contributed by atoms with Gasteiger partial charge >= 0.3 is 12.0 Å². The SMILES string of the molecule is O=C1C[C@@H](C(=O)O)C2(CCN(C(=O)NCc3cccc(F)c3)CC2)N1. The molecule has 2 aliphatic heterocycles. The van der Waals surface area contributed by atoms with E-state index in [9.17, 15) is 23.9 Å². The summed E-state index contributed by atoms with van der Waals surface area (Å²) in [5.41, 5.74) is -0.0988. The number of urea groups is 1. The summed E-state index contributed by atoms with van der Waals surface area (Å²) >= 11 is 0. The highest BCUT2D eigenvalue weighted by Gasteiger charge is 2.51. The van der Waals surface area contributed by atoms with Crippen LogP contribution in [-0.4, -0.2) is 46.5 Å². The zero-order chi connectivity index (χ0) is 18.0.